The van der Waals surface area contributed by atoms with Gasteiger partial charge >= 0.3 is 6.36 Å². The first-order valence-corrected chi connectivity index (χ1v) is 9.68. The van der Waals surface area contributed by atoms with Crippen molar-refractivity contribution in [1.29, 1.82) is 0 Å². The summed E-state index contributed by atoms with van der Waals surface area (Å²) in [6.45, 7) is 0. The number of nitrogens with two attached hydrogens (primary N) is 1. The second-order valence-electron chi connectivity index (χ2n) is 5.69. The van der Waals surface area contributed by atoms with Crippen LogP contribution in [0.3, 0.4) is 0 Å². The third-order valence-electron chi connectivity index (χ3n) is 3.62. The number of aromatic nitrogens is 2. The van der Waals surface area contributed by atoms with Gasteiger partial charge in [-0.1, -0.05) is 41.0 Å². The third kappa shape index (κ3) is 5.37. The maximum absolute atomic E-state index is 12.4. The molecular weight excluding hydrogens is 450 g/mol. The molecule has 1 aromatic heterocycles. The lowest BCUT2D eigenvalue weighted by Gasteiger charge is -2.14. The van der Waals surface area contributed by atoms with Gasteiger partial charge in [-0.2, -0.15) is 0 Å². The van der Waals surface area contributed by atoms with E-state index in [1.165, 1.54) is 24.3 Å². The Hall–Kier alpha value is -2.36. The fourth-order valence-electron chi connectivity index (χ4n) is 2.48. The van der Waals surface area contributed by atoms with Crippen molar-refractivity contribution < 1.29 is 22.7 Å². The van der Waals surface area contributed by atoms with E-state index in [1.54, 1.807) is 29.0 Å². The average Bonchev–Trinajstić information content (AvgIpc) is 3.05. The van der Waals surface area contributed by atoms with E-state index in [4.69, 9.17) is 28.9 Å². The molecule has 0 aliphatic heterocycles. The Morgan fingerprint density at radius 1 is 1.14 bits per heavy atom. The van der Waals surface area contributed by atoms with Crippen molar-refractivity contribution in [2.45, 2.75) is 11.5 Å². The van der Waals surface area contributed by atoms with Crippen LogP contribution in [0.1, 0.15) is 0 Å². The van der Waals surface area contributed by atoms with Crippen LogP contribution in [0.4, 0.5) is 13.2 Å². The molecule has 0 aliphatic carbocycles. The summed E-state index contributed by atoms with van der Waals surface area (Å²) in [6.07, 6.45) is -3.23. The van der Waals surface area contributed by atoms with Gasteiger partial charge in [0.05, 0.1) is 27.7 Å². The fourth-order valence-corrected chi connectivity index (χ4v) is 3.51. The van der Waals surface area contributed by atoms with Gasteiger partial charge in [0.25, 0.3) is 0 Å². The monoisotopic (exact) mass is 461 g/mol. The number of rotatable bonds is 6. The van der Waals surface area contributed by atoms with E-state index in [-0.39, 0.29) is 11.5 Å². The highest BCUT2D eigenvalue weighted by Gasteiger charge is 2.31. The van der Waals surface area contributed by atoms with E-state index >= 15 is 0 Å². The SMILES string of the molecule is NC(=O)CSc1ncc(-c2ccc(Cl)c(Cl)c2)n1-c1ccc(OC(F)(F)F)cc1. The molecule has 0 bridgehead atoms. The van der Waals surface area contributed by atoms with Gasteiger partial charge in [-0.15, -0.1) is 13.2 Å². The Kier molecular flexibility index (Phi) is 6.30. The molecule has 0 aliphatic rings. The van der Waals surface area contributed by atoms with Gasteiger partial charge in [-0.3, -0.25) is 9.36 Å². The molecule has 3 aromatic rings. The number of primary amides is 1. The average molecular weight is 462 g/mol. The van der Waals surface area contributed by atoms with Gasteiger partial charge < -0.3 is 10.5 Å². The molecule has 0 saturated heterocycles. The van der Waals surface area contributed by atoms with Crippen LogP contribution in [0.5, 0.6) is 5.75 Å². The van der Waals surface area contributed by atoms with Crippen LogP contribution < -0.4 is 10.5 Å². The maximum atomic E-state index is 12.4. The molecule has 0 saturated carbocycles. The number of ether oxygens (including phenoxy) is 1. The number of alkyl halides is 3. The summed E-state index contributed by atoms with van der Waals surface area (Å²) in [5.41, 5.74) is 6.99. The number of nitrogens with zero attached hydrogens (tertiary/aromatic N) is 2. The second-order valence-corrected chi connectivity index (χ2v) is 7.44. The standard InChI is InChI=1S/C18H12Cl2F3N3O2S/c19-13-6-1-10(7-14(13)20)15-8-25-17(29-9-16(24)27)26(15)11-2-4-12(5-3-11)28-18(21,22)23/h1-8H,9H2,(H2,24,27). The van der Waals surface area contributed by atoms with Crippen LogP contribution in [0.15, 0.2) is 53.8 Å². The van der Waals surface area contributed by atoms with Crippen LogP contribution in [-0.4, -0.2) is 27.6 Å². The molecule has 2 aromatic carbocycles. The van der Waals surface area contributed by atoms with E-state index in [2.05, 4.69) is 9.72 Å². The quantitative estimate of drug-likeness (QED) is 0.504. The van der Waals surface area contributed by atoms with Crippen LogP contribution in [0.25, 0.3) is 16.9 Å². The molecule has 29 heavy (non-hydrogen) atoms. The predicted octanol–water partition coefficient (Wildman–Crippen LogP) is 5.32. The maximum Gasteiger partial charge on any atom is 0.573 e. The zero-order chi connectivity index (χ0) is 21.2. The summed E-state index contributed by atoms with van der Waals surface area (Å²) in [7, 11) is 0. The van der Waals surface area contributed by atoms with Gasteiger partial charge in [0.2, 0.25) is 5.91 Å². The van der Waals surface area contributed by atoms with E-state index in [1.807, 2.05) is 0 Å². The minimum Gasteiger partial charge on any atom is -0.406 e. The highest BCUT2D eigenvalue weighted by molar-refractivity contribution is 7.99. The van der Waals surface area contributed by atoms with E-state index in [0.29, 0.717) is 32.1 Å². The molecule has 11 heteroatoms. The molecule has 0 unspecified atom stereocenters. The van der Waals surface area contributed by atoms with Crippen molar-refractivity contribution in [2.75, 3.05) is 5.75 Å². The number of thioether (sulfide) groups is 1. The van der Waals surface area contributed by atoms with E-state index < -0.39 is 12.3 Å². The minimum absolute atomic E-state index is 0.0207. The van der Waals surface area contributed by atoms with E-state index in [0.717, 1.165) is 11.8 Å². The zero-order valence-electron chi connectivity index (χ0n) is 14.4. The lowest BCUT2D eigenvalue weighted by Crippen LogP contribution is -2.17. The molecular formula is C18H12Cl2F3N3O2S. The molecule has 1 amide bonds. The van der Waals surface area contributed by atoms with Crippen molar-refractivity contribution in [1.82, 2.24) is 9.55 Å². The van der Waals surface area contributed by atoms with Gasteiger partial charge in [0, 0.05) is 11.3 Å². The highest BCUT2D eigenvalue weighted by Crippen LogP contribution is 2.34. The van der Waals surface area contributed by atoms with Crippen molar-refractivity contribution >= 4 is 40.9 Å². The number of amides is 1. The smallest absolute Gasteiger partial charge is 0.406 e. The number of imidazole rings is 1. The van der Waals surface area contributed by atoms with Crippen LogP contribution in [0, 0.1) is 0 Å². The van der Waals surface area contributed by atoms with Crippen LogP contribution in [0.2, 0.25) is 10.0 Å². The summed E-state index contributed by atoms with van der Waals surface area (Å²) in [6, 6.07) is 10.2. The molecule has 2 N–H and O–H groups in total. The molecule has 0 radical (unpaired) electrons. The zero-order valence-corrected chi connectivity index (χ0v) is 16.7. The Balaban J connectivity index is 2.05. The van der Waals surface area contributed by atoms with Crippen LogP contribution in [-0.2, 0) is 4.79 Å². The molecule has 5 nitrogen and oxygen atoms in total. The first-order valence-electron chi connectivity index (χ1n) is 7.94. The number of benzene rings is 2. The number of halogens is 5. The van der Waals surface area contributed by atoms with Crippen molar-refractivity contribution in [2.24, 2.45) is 5.73 Å². The molecule has 3 rings (SSSR count). The lowest BCUT2D eigenvalue weighted by molar-refractivity contribution is -0.274. The van der Waals surface area contributed by atoms with Gasteiger partial charge in [-0.05, 0) is 36.4 Å². The molecule has 0 fully saturated rings. The van der Waals surface area contributed by atoms with Crippen molar-refractivity contribution in [3.63, 3.8) is 0 Å². The first kappa shape index (κ1) is 21.4. The highest BCUT2D eigenvalue weighted by atomic mass is 35.5. The van der Waals surface area contributed by atoms with Gasteiger partial charge in [0.15, 0.2) is 5.16 Å². The second kappa shape index (κ2) is 8.56. The van der Waals surface area contributed by atoms with Crippen molar-refractivity contribution in [3.05, 3.63) is 58.7 Å². The van der Waals surface area contributed by atoms with Gasteiger partial charge in [-0.25, -0.2) is 4.98 Å². The topological polar surface area (TPSA) is 70.1 Å². The van der Waals surface area contributed by atoms with Crippen molar-refractivity contribution in [3.8, 4) is 22.7 Å². The minimum atomic E-state index is -4.79. The summed E-state index contributed by atoms with van der Waals surface area (Å²) in [5.74, 6) is -0.911. The number of hydrogen-bond acceptors (Lipinski definition) is 4. The predicted molar refractivity (Wildman–Crippen MR) is 106 cm³/mol. The first-order chi connectivity index (χ1) is 13.6. The molecule has 0 atom stereocenters. The Bertz CT molecular complexity index is 1040. The largest absolute Gasteiger partial charge is 0.573 e. The van der Waals surface area contributed by atoms with E-state index in [9.17, 15) is 18.0 Å². The lowest BCUT2D eigenvalue weighted by atomic mass is 10.1. The Labute approximate surface area is 177 Å². The fraction of sp³-hybridized carbons (Fsp3) is 0.111. The normalized spacial score (nSPS) is 11.5. The molecule has 1 heterocycles. The number of carbonyl (C=O) groups excluding carboxylic acids is 1. The summed E-state index contributed by atoms with van der Waals surface area (Å²) < 4.78 is 42.8. The molecule has 0 spiro atoms. The summed E-state index contributed by atoms with van der Waals surface area (Å²) in [4.78, 5) is 15.5. The summed E-state index contributed by atoms with van der Waals surface area (Å²) in [5, 5.41) is 1.13. The van der Waals surface area contributed by atoms with Crippen LogP contribution >= 0.6 is 35.0 Å². The molecule has 152 valence electrons. The Morgan fingerprint density at radius 3 is 2.41 bits per heavy atom. The number of carbonyl (C=O) groups is 1. The number of hydrogen-bond donors (Lipinski definition) is 1. The Morgan fingerprint density at radius 2 is 1.83 bits per heavy atom. The van der Waals surface area contributed by atoms with Gasteiger partial charge in [0.1, 0.15) is 5.75 Å². The third-order valence-corrected chi connectivity index (χ3v) is 5.33. The summed E-state index contributed by atoms with van der Waals surface area (Å²) >= 11 is 13.2.